The third-order valence-corrected chi connectivity index (χ3v) is 6.00. The molecule has 0 amide bonds. The van der Waals surface area contributed by atoms with E-state index < -0.39 is 5.97 Å². The first-order valence-corrected chi connectivity index (χ1v) is 8.76. The van der Waals surface area contributed by atoms with Gasteiger partial charge in [0.15, 0.2) is 0 Å². The van der Waals surface area contributed by atoms with Gasteiger partial charge in [-0.05, 0) is 93.8 Å². The van der Waals surface area contributed by atoms with Crippen molar-refractivity contribution in [3.8, 4) is 5.75 Å². The average Bonchev–Trinajstić information content (AvgIpc) is 2.32. The fraction of sp³-hybridized carbons (Fsp3) is 0.308. The number of ether oxygens (including phenoxy) is 1. The van der Waals surface area contributed by atoms with Gasteiger partial charge in [0.25, 0.3) is 0 Å². The molecule has 0 fully saturated rings. The van der Waals surface area contributed by atoms with Gasteiger partial charge < -0.3 is 9.84 Å². The maximum absolute atomic E-state index is 10.7. The number of hydrogen-bond donors (Lipinski definition) is 1. The van der Waals surface area contributed by atoms with Crippen LogP contribution in [0.4, 0.5) is 0 Å². The normalized spacial score (nSPS) is 13.2. The molecule has 0 saturated heterocycles. The Bertz CT molecular complexity index is 512. The van der Waals surface area contributed by atoms with Crippen LogP contribution < -0.4 is 4.74 Å². The summed E-state index contributed by atoms with van der Waals surface area (Å²) in [7, 11) is 0. The van der Waals surface area contributed by atoms with E-state index in [9.17, 15) is 4.79 Å². The molecule has 3 nitrogen and oxygen atoms in total. The van der Waals surface area contributed by atoms with Crippen molar-refractivity contribution in [2.75, 3.05) is 0 Å². The van der Waals surface area contributed by atoms with Gasteiger partial charge in [0.1, 0.15) is 5.75 Å². The minimum atomic E-state index is -0.884. The lowest BCUT2D eigenvalue weighted by molar-refractivity contribution is -0.132. The quantitative estimate of drug-likeness (QED) is 0.305. The molecule has 1 N–H and O–H groups in total. The molecule has 1 atom stereocenters. The van der Waals surface area contributed by atoms with Gasteiger partial charge in [0.2, 0.25) is 0 Å². The van der Waals surface area contributed by atoms with E-state index in [0.717, 1.165) is 16.5 Å². The summed E-state index contributed by atoms with van der Waals surface area (Å²) < 4.78 is 9.25. The summed E-state index contributed by atoms with van der Waals surface area (Å²) in [6.07, 6.45) is 2.21. The second-order valence-electron chi connectivity index (χ2n) is 4.06. The van der Waals surface area contributed by atoms with Crippen LogP contribution in [0.5, 0.6) is 5.75 Å². The molecule has 1 aromatic carbocycles. The zero-order valence-corrected chi connectivity index (χ0v) is 16.9. The van der Waals surface area contributed by atoms with Crippen LogP contribution in [0.2, 0.25) is 0 Å². The first kappa shape index (κ1) is 17.5. The van der Waals surface area contributed by atoms with Crippen LogP contribution in [0, 0.1) is 10.7 Å². The first-order chi connectivity index (χ1) is 8.81. The molecule has 0 spiro atoms. The number of carbonyl (C=O) groups is 1. The summed E-state index contributed by atoms with van der Waals surface area (Å²) >= 11 is 6.80. The Hall–Kier alpha value is 0.420. The van der Waals surface area contributed by atoms with E-state index in [2.05, 4.69) is 73.8 Å². The van der Waals surface area contributed by atoms with Gasteiger partial charge in [-0.2, -0.15) is 0 Å². The maximum Gasteiger partial charge on any atom is 0.330 e. The molecule has 0 aromatic heterocycles. The van der Waals surface area contributed by atoms with Gasteiger partial charge in [0.05, 0.1) is 9.67 Å². The van der Waals surface area contributed by atoms with Crippen LogP contribution in [0.15, 0.2) is 23.8 Å². The summed E-state index contributed by atoms with van der Waals surface area (Å²) in [5.74, 6) is -0.0311. The number of halogens is 3. The summed E-state index contributed by atoms with van der Waals surface area (Å²) in [5, 5.41) is 8.79. The Balaban J connectivity index is 2.75. The van der Waals surface area contributed by atoms with Crippen LogP contribution in [-0.4, -0.2) is 17.2 Å². The van der Waals surface area contributed by atoms with E-state index in [-0.39, 0.29) is 6.10 Å². The number of hydrogen-bond acceptors (Lipinski definition) is 2. The third kappa shape index (κ3) is 5.74. The van der Waals surface area contributed by atoms with Crippen LogP contribution in [0.1, 0.15) is 20.3 Å². The van der Waals surface area contributed by atoms with Gasteiger partial charge in [-0.1, -0.05) is 6.08 Å². The standard InChI is InChI=1S/C13H13I3O3/c1-7(13(17)18)3-4-8(2)19-11-6-9(14)5-10(15)12(11)16/h3,5-6,8H,4H2,1-2H3,(H,17,18). The average molecular weight is 598 g/mol. The van der Waals surface area contributed by atoms with Crippen LogP contribution >= 0.6 is 67.8 Å². The van der Waals surface area contributed by atoms with Crippen LogP contribution in [0.25, 0.3) is 0 Å². The molecule has 104 valence electrons. The number of rotatable bonds is 5. The molecule has 0 aliphatic rings. The molecule has 0 aliphatic carbocycles. The lowest BCUT2D eigenvalue weighted by Crippen LogP contribution is -2.12. The van der Waals surface area contributed by atoms with E-state index in [1.807, 2.05) is 13.0 Å². The smallest absolute Gasteiger partial charge is 0.330 e. The predicted molar refractivity (Wildman–Crippen MR) is 101 cm³/mol. The van der Waals surface area contributed by atoms with Gasteiger partial charge in [-0.25, -0.2) is 4.79 Å². The van der Waals surface area contributed by atoms with Crippen molar-refractivity contribution in [2.45, 2.75) is 26.4 Å². The highest BCUT2D eigenvalue weighted by Gasteiger charge is 2.11. The van der Waals surface area contributed by atoms with Gasteiger partial charge >= 0.3 is 5.97 Å². The van der Waals surface area contributed by atoms with Gasteiger partial charge in [-0.15, -0.1) is 0 Å². The summed E-state index contributed by atoms with van der Waals surface area (Å²) in [6, 6.07) is 4.09. The minimum Gasteiger partial charge on any atom is -0.489 e. The molecule has 0 heterocycles. The van der Waals surface area contributed by atoms with Crippen molar-refractivity contribution >= 4 is 73.7 Å². The Morgan fingerprint density at radius 3 is 2.63 bits per heavy atom. The number of benzene rings is 1. The lowest BCUT2D eigenvalue weighted by atomic mass is 10.2. The largest absolute Gasteiger partial charge is 0.489 e. The van der Waals surface area contributed by atoms with Gasteiger partial charge in [-0.3, -0.25) is 0 Å². The Kier molecular flexibility index (Phi) is 7.36. The fourth-order valence-corrected chi connectivity index (χ4v) is 3.54. The topological polar surface area (TPSA) is 46.5 Å². The molecule has 0 saturated carbocycles. The fourth-order valence-electron chi connectivity index (χ4n) is 1.31. The van der Waals surface area contributed by atoms with E-state index in [4.69, 9.17) is 9.84 Å². The molecule has 19 heavy (non-hydrogen) atoms. The molecule has 1 aromatic rings. The molecule has 1 rings (SSSR count). The zero-order valence-electron chi connectivity index (χ0n) is 10.4. The summed E-state index contributed by atoms with van der Waals surface area (Å²) in [5.41, 5.74) is 0.349. The molecular weight excluding hydrogens is 585 g/mol. The molecular formula is C13H13I3O3. The minimum absolute atomic E-state index is 0.0585. The molecule has 0 bridgehead atoms. The van der Waals surface area contributed by atoms with Crippen molar-refractivity contribution in [1.82, 2.24) is 0 Å². The molecule has 0 aliphatic heterocycles. The van der Waals surface area contributed by atoms with Crippen molar-refractivity contribution < 1.29 is 14.6 Å². The molecule has 6 heteroatoms. The second kappa shape index (κ2) is 8.01. The zero-order chi connectivity index (χ0) is 14.6. The molecule has 0 radical (unpaired) electrons. The Morgan fingerprint density at radius 1 is 1.42 bits per heavy atom. The highest BCUT2D eigenvalue weighted by molar-refractivity contribution is 14.1. The van der Waals surface area contributed by atoms with E-state index in [1.165, 1.54) is 0 Å². The molecule has 1 unspecified atom stereocenters. The number of carboxylic acids is 1. The summed E-state index contributed by atoms with van der Waals surface area (Å²) in [6.45, 7) is 3.53. The van der Waals surface area contributed by atoms with E-state index in [1.54, 1.807) is 13.0 Å². The maximum atomic E-state index is 10.7. The van der Waals surface area contributed by atoms with Crippen molar-refractivity contribution in [3.63, 3.8) is 0 Å². The first-order valence-electron chi connectivity index (χ1n) is 5.52. The second-order valence-corrected chi connectivity index (χ2v) is 7.54. The monoisotopic (exact) mass is 598 g/mol. The van der Waals surface area contributed by atoms with E-state index >= 15 is 0 Å². The van der Waals surface area contributed by atoms with Crippen molar-refractivity contribution in [1.29, 1.82) is 0 Å². The Morgan fingerprint density at radius 2 is 2.05 bits per heavy atom. The number of aliphatic carboxylic acids is 1. The third-order valence-electron chi connectivity index (χ3n) is 2.38. The summed E-state index contributed by atoms with van der Waals surface area (Å²) in [4.78, 5) is 10.7. The SMILES string of the molecule is CC(=CCC(C)Oc1cc(I)cc(I)c1I)C(=O)O. The highest BCUT2D eigenvalue weighted by Crippen LogP contribution is 2.29. The Labute approximate surface area is 153 Å². The van der Waals surface area contributed by atoms with Crippen molar-refractivity contribution in [3.05, 3.63) is 34.5 Å². The number of carboxylic acid groups (broad SMARTS) is 1. The van der Waals surface area contributed by atoms with Crippen LogP contribution in [-0.2, 0) is 4.79 Å². The van der Waals surface area contributed by atoms with Crippen LogP contribution in [0.3, 0.4) is 0 Å². The van der Waals surface area contributed by atoms with E-state index in [0.29, 0.717) is 12.0 Å². The predicted octanol–water partition coefficient (Wildman–Crippen LogP) is 4.69. The van der Waals surface area contributed by atoms with Crippen molar-refractivity contribution in [2.24, 2.45) is 0 Å². The van der Waals surface area contributed by atoms with Gasteiger partial charge in [0, 0.05) is 19.1 Å². The lowest BCUT2D eigenvalue weighted by Gasteiger charge is -2.15. The highest BCUT2D eigenvalue weighted by atomic mass is 127.